The first-order valence-electron chi connectivity index (χ1n) is 11.4. The lowest BCUT2D eigenvalue weighted by Gasteiger charge is -2.29. The van der Waals surface area contributed by atoms with E-state index in [0.29, 0.717) is 16.2 Å². The fraction of sp³-hybridized carbons (Fsp3) is 0.143. The van der Waals surface area contributed by atoms with Crippen molar-refractivity contribution in [2.24, 2.45) is 0 Å². The Hall–Kier alpha value is -3.57. The summed E-state index contributed by atoms with van der Waals surface area (Å²) in [7, 11) is -3.44. The number of benzene rings is 4. The lowest BCUT2D eigenvalue weighted by atomic mass is 10.0. The summed E-state index contributed by atoms with van der Waals surface area (Å²) in [4.78, 5) is 12.0. The molecule has 0 aliphatic carbocycles. The molecule has 0 aliphatic heterocycles. The van der Waals surface area contributed by atoms with Crippen LogP contribution in [0.4, 0.5) is 0 Å². The second kappa shape index (κ2) is 11.7. The Morgan fingerprint density at radius 3 is 1.69 bits per heavy atom. The van der Waals surface area contributed by atoms with Gasteiger partial charge in [0.05, 0.1) is 6.61 Å². The van der Waals surface area contributed by atoms with E-state index in [-0.39, 0.29) is 18.1 Å². The van der Waals surface area contributed by atoms with Gasteiger partial charge in [0.25, 0.3) is 6.04 Å². The predicted octanol–water partition coefficient (Wildman–Crippen LogP) is 5.11. The lowest BCUT2D eigenvalue weighted by Crippen LogP contribution is -2.42. The van der Waals surface area contributed by atoms with Gasteiger partial charge in [0.1, 0.15) is 12.6 Å². The van der Waals surface area contributed by atoms with Gasteiger partial charge in [-0.1, -0.05) is 97.1 Å². The van der Waals surface area contributed by atoms with Crippen LogP contribution < -0.4 is 15.7 Å². The SMILES string of the molecule is O=[N+]([O-])[C@@H](COCc1ccccc1)[C@H](NP(=O)(c1ccccc1)c1ccccc1)c1ccccc1. The van der Waals surface area contributed by atoms with Gasteiger partial charge in [-0.3, -0.25) is 14.7 Å². The molecule has 1 N–H and O–H groups in total. The first-order valence-corrected chi connectivity index (χ1v) is 13.1. The summed E-state index contributed by atoms with van der Waals surface area (Å²) in [5.74, 6) is 0. The average molecular weight is 487 g/mol. The van der Waals surface area contributed by atoms with E-state index in [1.54, 1.807) is 24.3 Å². The molecular weight excluding hydrogens is 459 g/mol. The summed E-state index contributed by atoms with van der Waals surface area (Å²) in [6.45, 7) is 0.111. The highest BCUT2D eigenvalue weighted by atomic mass is 31.2. The summed E-state index contributed by atoms with van der Waals surface area (Å²) in [6.07, 6.45) is 0. The molecule has 0 heterocycles. The minimum absolute atomic E-state index is 0.141. The number of hydrogen-bond donors (Lipinski definition) is 1. The fourth-order valence-electron chi connectivity index (χ4n) is 3.96. The second-order valence-corrected chi connectivity index (χ2v) is 10.7. The summed E-state index contributed by atoms with van der Waals surface area (Å²) < 4.78 is 20.4. The Labute approximate surface area is 205 Å². The fourth-order valence-corrected chi connectivity index (χ4v) is 6.46. The van der Waals surface area contributed by atoms with Gasteiger partial charge < -0.3 is 4.74 Å². The number of nitrogens with zero attached hydrogens (tertiary/aromatic N) is 1. The molecule has 4 aromatic carbocycles. The Morgan fingerprint density at radius 2 is 1.20 bits per heavy atom. The van der Waals surface area contributed by atoms with Crippen LogP contribution >= 0.6 is 7.29 Å². The normalized spacial score (nSPS) is 13.1. The van der Waals surface area contributed by atoms with E-state index < -0.39 is 19.4 Å². The summed E-state index contributed by atoms with van der Waals surface area (Å²) in [5.41, 5.74) is 1.60. The number of ether oxygens (including phenoxy) is 1. The first kappa shape index (κ1) is 24.6. The number of nitro groups is 1. The van der Waals surface area contributed by atoms with E-state index in [1.807, 2.05) is 97.1 Å². The number of hydrogen-bond acceptors (Lipinski definition) is 4. The molecule has 4 rings (SSSR count). The highest BCUT2D eigenvalue weighted by molar-refractivity contribution is 7.76. The van der Waals surface area contributed by atoms with Crippen LogP contribution in [0.15, 0.2) is 121 Å². The molecule has 0 aliphatic rings. The largest absolute Gasteiger partial charge is 0.370 e. The summed E-state index contributed by atoms with van der Waals surface area (Å²) >= 11 is 0. The van der Waals surface area contributed by atoms with Crippen LogP contribution in [0.5, 0.6) is 0 Å². The van der Waals surface area contributed by atoms with Gasteiger partial charge in [-0.2, -0.15) is 0 Å². The second-order valence-electron chi connectivity index (χ2n) is 8.15. The van der Waals surface area contributed by atoms with Crippen molar-refractivity contribution < 1.29 is 14.2 Å². The molecule has 0 saturated heterocycles. The maximum atomic E-state index is 14.6. The van der Waals surface area contributed by atoms with E-state index in [2.05, 4.69) is 5.09 Å². The van der Waals surface area contributed by atoms with Crippen LogP contribution in [0.25, 0.3) is 0 Å². The third-order valence-electron chi connectivity index (χ3n) is 5.77. The zero-order valence-electron chi connectivity index (χ0n) is 19.1. The molecule has 0 fully saturated rings. The molecular formula is C28H27N2O4P. The quantitative estimate of drug-likeness (QED) is 0.181. The van der Waals surface area contributed by atoms with Crippen LogP contribution in [0.3, 0.4) is 0 Å². The molecule has 7 heteroatoms. The van der Waals surface area contributed by atoms with Gasteiger partial charge in [-0.25, -0.2) is 5.09 Å². The molecule has 0 radical (unpaired) electrons. The van der Waals surface area contributed by atoms with Gasteiger partial charge >= 0.3 is 0 Å². The molecule has 35 heavy (non-hydrogen) atoms. The minimum atomic E-state index is -3.44. The van der Waals surface area contributed by atoms with Crippen molar-refractivity contribution in [1.82, 2.24) is 5.09 Å². The van der Waals surface area contributed by atoms with Crippen molar-refractivity contribution in [2.75, 3.05) is 6.61 Å². The van der Waals surface area contributed by atoms with E-state index in [9.17, 15) is 14.7 Å². The molecule has 2 atom stereocenters. The van der Waals surface area contributed by atoms with Gasteiger partial charge in [-0.05, 0) is 35.4 Å². The molecule has 0 saturated carbocycles. The van der Waals surface area contributed by atoms with Crippen LogP contribution in [-0.2, 0) is 15.9 Å². The van der Waals surface area contributed by atoms with Crippen LogP contribution in [0.2, 0.25) is 0 Å². The molecule has 0 bridgehead atoms. The van der Waals surface area contributed by atoms with Crippen LogP contribution in [-0.4, -0.2) is 17.6 Å². The minimum Gasteiger partial charge on any atom is -0.370 e. The van der Waals surface area contributed by atoms with Crippen molar-refractivity contribution in [3.63, 3.8) is 0 Å². The van der Waals surface area contributed by atoms with Crippen molar-refractivity contribution in [3.8, 4) is 0 Å². The molecule has 6 nitrogen and oxygen atoms in total. The smallest absolute Gasteiger partial charge is 0.255 e. The van der Waals surface area contributed by atoms with Crippen molar-refractivity contribution in [1.29, 1.82) is 0 Å². The number of nitrogens with one attached hydrogen (secondary N) is 1. The standard InChI is InChI=1S/C28H27N2O4P/c31-30(32)27(22-34-21-23-13-5-1-6-14-23)28(24-15-7-2-8-16-24)29-35(33,25-17-9-3-10-18-25)26-19-11-4-12-20-26/h1-20,27-28H,21-22H2,(H,29,33)/t27-,28+/m0/s1. The maximum Gasteiger partial charge on any atom is 0.255 e. The van der Waals surface area contributed by atoms with E-state index >= 15 is 0 Å². The zero-order valence-corrected chi connectivity index (χ0v) is 20.0. The third kappa shape index (κ3) is 6.11. The molecule has 4 aromatic rings. The Kier molecular flexibility index (Phi) is 8.22. The van der Waals surface area contributed by atoms with Gasteiger partial charge in [-0.15, -0.1) is 0 Å². The monoisotopic (exact) mass is 486 g/mol. The van der Waals surface area contributed by atoms with Crippen LogP contribution in [0.1, 0.15) is 17.2 Å². The van der Waals surface area contributed by atoms with Crippen LogP contribution in [0, 0.1) is 10.1 Å². The zero-order chi connectivity index (χ0) is 24.5. The van der Waals surface area contributed by atoms with E-state index in [1.165, 1.54) is 0 Å². The molecule has 0 spiro atoms. The molecule has 0 aromatic heterocycles. The molecule has 0 unspecified atom stereocenters. The van der Waals surface area contributed by atoms with Crippen molar-refractivity contribution >= 4 is 17.9 Å². The topological polar surface area (TPSA) is 81.5 Å². The number of rotatable bonds is 11. The van der Waals surface area contributed by atoms with Crippen molar-refractivity contribution in [2.45, 2.75) is 18.7 Å². The third-order valence-corrected chi connectivity index (χ3v) is 8.47. The summed E-state index contributed by atoms with van der Waals surface area (Å²) in [6, 6.07) is 34.7. The summed E-state index contributed by atoms with van der Waals surface area (Å²) in [5, 5.41) is 16.7. The highest BCUT2D eigenvalue weighted by Gasteiger charge is 2.39. The Balaban J connectivity index is 1.70. The Morgan fingerprint density at radius 1 is 0.743 bits per heavy atom. The average Bonchev–Trinajstić information content (AvgIpc) is 2.92. The highest BCUT2D eigenvalue weighted by Crippen LogP contribution is 2.42. The maximum absolute atomic E-state index is 14.6. The van der Waals surface area contributed by atoms with E-state index in [4.69, 9.17) is 4.74 Å². The molecule has 0 amide bonds. The molecule has 178 valence electrons. The van der Waals surface area contributed by atoms with Crippen molar-refractivity contribution in [3.05, 3.63) is 143 Å². The van der Waals surface area contributed by atoms with Gasteiger partial charge in [0, 0.05) is 15.5 Å². The first-order chi connectivity index (χ1) is 17.1. The van der Waals surface area contributed by atoms with Gasteiger partial charge in [0.2, 0.25) is 7.29 Å². The predicted molar refractivity (Wildman–Crippen MR) is 139 cm³/mol. The Bertz CT molecular complexity index is 1210. The van der Waals surface area contributed by atoms with E-state index in [0.717, 1.165) is 5.56 Å². The lowest BCUT2D eigenvalue weighted by molar-refractivity contribution is -0.531. The van der Waals surface area contributed by atoms with Gasteiger partial charge in [0.15, 0.2) is 0 Å².